The maximum absolute atomic E-state index is 11.2. The lowest BCUT2D eigenvalue weighted by molar-refractivity contribution is -0.384. The van der Waals surface area contributed by atoms with Crippen molar-refractivity contribution in [2.45, 2.75) is 6.10 Å². The normalized spacial score (nSPS) is 18.1. The van der Waals surface area contributed by atoms with Gasteiger partial charge in [0.1, 0.15) is 5.69 Å². The molecule has 1 atom stereocenters. The summed E-state index contributed by atoms with van der Waals surface area (Å²) in [6, 6.07) is 2.88. The van der Waals surface area contributed by atoms with E-state index in [2.05, 4.69) is 5.32 Å². The molecule has 8 nitrogen and oxygen atoms in total. The standard InChI is InChI=1S/C13H18N2O6/c1-18-12-5-10(11(15(16)17)6-13(12)19-2)14-7-9-8-20-3-4-21-9/h5-6,9,14H,3-4,7-8H2,1-2H3. The van der Waals surface area contributed by atoms with Gasteiger partial charge in [0.15, 0.2) is 11.5 Å². The Morgan fingerprint density at radius 2 is 2.05 bits per heavy atom. The van der Waals surface area contributed by atoms with E-state index in [1.165, 1.54) is 20.3 Å². The number of hydrogen-bond acceptors (Lipinski definition) is 7. The van der Waals surface area contributed by atoms with Gasteiger partial charge in [-0.1, -0.05) is 0 Å². The number of hydrogen-bond donors (Lipinski definition) is 1. The van der Waals surface area contributed by atoms with Crippen LogP contribution in [0.1, 0.15) is 0 Å². The van der Waals surface area contributed by atoms with Crippen molar-refractivity contribution < 1.29 is 23.9 Å². The topological polar surface area (TPSA) is 92.1 Å². The minimum absolute atomic E-state index is 0.0793. The number of nitro groups is 1. The molecule has 2 rings (SSSR count). The molecule has 1 aromatic carbocycles. The van der Waals surface area contributed by atoms with Crippen molar-refractivity contribution in [2.24, 2.45) is 0 Å². The highest BCUT2D eigenvalue weighted by molar-refractivity contribution is 5.68. The van der Waals surface area contributed by atoms with Crippen molar-refractivity contribution in [2.75, 3.05) is 45.9 Å². The first-order valence-electron chi connectivity index (χ1n) is 6.49. The zero-order valence-corrected chi connectivity index (χ0v) is 12.0. The SMILES string of the molecule is COc1cc(NCC2COCCO2)c([N+](=O)[O-])cc1OC. The molecule has 116 valence electrons. The third-order valence-electron chi connectivity index (χ3n) is 3.10. The summed E-state index contributed by atoms with van der Waals surface area (Å²) in [5, 5.41) is 14.2. The van der Waals surface area contributed by atoms with Gasteiger partial charge in [-0.2, -0.15) is 0 Å². The average molecular weight is 298 g/mol. The predicted octanol–water partition coefficient (Wildman–Crippen LogP) is 1.44. The molecule has 0 spiro atoms. The van der Waals surface area contributed by atoms with Crippen LogP contribution in [0.5, 0.6) is 11.5 Å². The van der Waals surface area contributed by atoms with Crippen molar-refractivity contribution in [3.63, 3.8) is 0 Å². The molecule has 1 aliphatic heterocycles. The van der Waals surface area contributed by atoms with Gasteiger partial charge in [-0.25, -0.2) is 0 Å². The van der Waals surface area contributed by atoms with Gasteiger partial charge in [0, 0.05) is 12.6 Å². The predicted molar refractivity (Wildman–Crippen MR) is 75.2 cm³/mol. The zero-order valence-electron chi connectivity index (χ0n) is 12.0. The smallest absolute Gasteiger partial charge is 0.296 e. The van der Waals surface area contributed by atoms with Crippen LogP contribution in [-0.4, -0.2) is 51.6 Å². The molecule has 1 aliphatic rings. The number of rotatable bonds is 6. The van der Waals surface area contributed by atoms with Gasteiger partial charge >= 0.3 is 0 Å². The van der Waals surface area contributed by atoms with Crippen molar-refractivity contribution >= 4 is 11.4 Å². The summed E-state index contributed by atoms with van der Waals surface area (Å²) in [7, 11) is 2.91. The van der Waals surface area contributed by atoms with E-state index in [0.29, 0.717) is 43.6 Å². The Kier molecular flexibility index (Phi) is 5.18. The number of ether oxygens (including phenoxy) is 4. The first kappa shape index (κ1) is 15.3. The van der Waals surface area contributed by atoms with Crippen LogP contribution in [-0.2, 0) is 9.47 Å². The van der Waals surface area contributed by atoms with Crippen molar-refractivity contribution in [1.29, 1.82) is 0 Å². The van der Waals surface area contributed by atoms with Gasteiger partial charge < -0.3 is 24.3 Å². The monoisotopic (exact) mass is 298 g/mol. The largest absolute Gasteiger partial charge is 0.493 e. The highest BCUT2D eigenvalue weighted by Crippen LogP contribution is 2.37. The Bertz CT molecular complexity index is 502. The van der Waals surface area contributed by atoms with Crippen molar-refractivity contribution in [3.8, 4) is 11.5 Å². The summed E-state index contributed by atoms with van der Waals surface area (Å²) in [6.07, 6.45) is -0.133. The molecule has 0 saturated carbocycles. The second-order valence-corrected chi connectivity index (χ2v) is 4.43. The fourth-order valence-corrected chi connectivity index (χ4v) is 2.04. The lowest BCUT2D eigenvalue weighted by Gasteiger charge is -2.23. The fourth-order valence-electron chi connectivity index (χ4n) is 2.04. The van der Waals surface area contributed by atoms with E-state index in [-0.39, 0.29) is 11.8 Å². The van der Waals surface area contributed by atoms with Gasteiger partial charge in [0.05, 0.1) is 51.1 Å². The molecule has 8 heteroatoms. The minimum Gasteiger partial charge on any atom is -0.493 e. The molecule has 0 radical (unpaired) electrons. The Balaban J connectivity index is 2.17. The van der Waals surface area contributed by atoms with E-state index in [1.807, 2.05) is 0 Å². The molecule has 0 amide bonds. The molecule has 1 unspecified atom stereocenters. The van der Waals surface area contributed by atoms with E-state index in [4.69, 9.17) is 18.9 Å². The second kappa shape index (κ2) is 7.09. The van der Waals surface area contributed by atoms with E-state index >= 15 is 0 Å². The second-order valence-electron chi connectivity index (χ2n) is 4.43. The van der Waals surface area contributed by atoms with Gasteiger partial charge in [0.25, 0.3) is 5.69 Å². The number of nitro benzene ring substituents is 1. The van der Waals surface area contributed by atoms with Crippen LogP contribution in [0.25, 0.3) is 0 Å². The van der Waals surface area contributed by atoms with Crippen LogP contribution in [0.2, 0.25) is 0 Å². The molecular weight excluding hydrogens is 280 g/mol. The first-order valence-corrected chi connectivity index (χ1v) is 6.49. The van der Waals surface area contributed by atoms with Crippen LogP contribution in [0.4, 0.5) is 11.4 Å². The third-order valence-corrected chi connectivity index (χ3v) is 3.10. The Morgan fingerprint density at radius 3 is 2.62 bits per heavy atom. The number of nitrogens with zero attached hydrogens (tertiary/aromatic N) is 1. The highest BCUT2D eigenvalue weighted by Gasteiger charge is 2.21. The van der Waals surface area contributed by atoms with Crippen molar-refractivity contribution in [3.05, 3.63) is 22.2 Å². The zero-order chi connectivity index (χ0) is 15.2. The van der Waals surface area contributed by atoms with Gasteiger partial charge in [-0.05, 0) is 0 Å². The number of methoxy groups -OCH3 is 2. The molecule has 21 heavy (non-hydrogen) atoms. The van der Waals surface area contributed by atoms with Crippen LogP contribution in [0, 0.1) is 10.1 Å². The molecule has 1 heterocycles. The maximum Gasteiger partial charge on any atom is 0.296 e. The fraction of sp³-hybridized carbons (Fsp3) is 0.538. The lowest BCUT2D eigenvalue weighted by Crippen LogP contribution is -2.34. The molecule has 1 N–H and O–H groups in total. The maximum atomic E-state index is 11.2. The molecule has 1 saturated heterocycles. The van der Waals surface area contributed by atoms with E-state index in [9.17, 15) is 10.1 Å². The van der Waals surface area contributed by atoms with Crippen molar-refractivity contribution in [1.82, 2.24) is 0 Å². The summed E-state index contributed by atoms with van der Waals surface area (Å²) in [5.41, 5.74) is 0.274. The van der Waals surface area contributed by atoms with Crippen LogP contribution in [0.15, 0.2) is 12.1 Å². The molecule has 1 fully saturated rings. The highest BCUT2D eigenvalue weighted by atomic mass is 16.6. The molecule has 0 aromatic heterocycles. The molecule has 1 aromatic rings. The van der Waals surface area contributed by atoms with Crippen LogP contribution in [0.3, 0.4) is 0 Å². The lowest BCUT2D eigenvalue weighted by atomic mass is 10.2. The molecular formula is C13H18N2O6. The molecule has 0 aliphatic carbocycles. The van der Waals surface area contributed by atoms with E-state index in [0.717, 1.165) is 0 Å². The average Bonchev–Trinajstić information content (AvgIpc) is 2.52. The summed E-state index contributed by atoms with van der Waals surface area (Å²) < 4.78 is 21.0. The summed E-state index contributed by atoms with van der Waals surface area (Å²) in [6.45, 7) is 1.98. The number of anilines is 1. The quantitative estimate of drug-likeness (QED) is 0.627. The minimum atomic E-state index is -0.470. The summed E-state index contributed by atoms with van der Waals surface area (Å²) in [5.74, 6) is 0.735. The number of benzene rings is 1. The Morgan fingerprint density at radius 1 is 1.33 bits per heavy atom. The third kappa shape index (κ3) is 3.73. The number of nitrogens with one attached hydrogen (secondary N) is 1. The first-order chi connectivity index (χ1) is 10.2. The van der Waals surface area contributed by atoms with E-state index < -0.39 is 4.92 Å². The van der Waals surface area contributed by atoms with Gasteiger partial charge in [-0.3, -0.25) is 10.1 Å². The van der Waals surface area contributed by atoms with Gasteiger partial charge in [-0.15, -0.1) is 0 Å². The summed E-state index contributed by atoms with van der Waals surface area (Å²) >= 11 is 0. The molecule has 0 bridgehead atoms. The van der Waals surface area contributed by atoms with Crippen LogP contribution >= 0.6 is 0 Å². The van der Waals surface area contributed by atoms with Gasteiger partial charge in [0.2, 0.25) is 0 Å². The Hall–Kier alpha value is -2.06. The summed E-state index contributed by atoms with van der Waals surface area (Å²) in [4.78, 5) is 10.7. The van der Waals surface area contributed by atoms with Crippen LogP contribution < -0.4 is 14.8 Å². The Labute approximate surface area is 122 Å². The van der Waals surface area contributed by atoms with E-state index in [1.54, 1.807) is 6.07 Å².